The number of nitrogens with one attached hydrogen (secondary N) is 2. The number of hydrogen-bond donors (Lipinski definition) is 2. The lowest BCUT2D eigenvalue weighted by molar-refractivity contribution is 0.0945. The second-order valence-electron chi connectivity index (χ2n) is 6.55. The third-order valence-electron chi connectivity index (χ3n) is 4.08. The molecule has 1 unspecified atom stereocenters. The summed E-state index contributed by atoms with van der Waals surface area (Å²) in [5.74, 6) is 2.19. The zero-order valence-electron chi connectivity index (χ0n) is 16.7. The van der Waals surface area contributed by atoms with E-state index in [1.54, 1.807) is 6.33 Å². The highest BCUT2D eigenvalue weighted by atomic mass is 16.5. The molecule has 7 heteroatoms. The molecule has 0 aliphatic rings. The molecule has 2 rings (SSSR count). The first-order valence-electron chi connectivity index (χ1n) is 9.73. The van der Waals surface area contributed by atoms with E-state index in [2.05, 4.69) is 63.3 Å². The largest absolute Gasteiger partial charge is 0.376 e. The lowest BCUT2D eigenvalue weighted by atomic mass is 10.2. The van der Waals surface area contributed by atoms with Gasteiger partial charge in [-0.2, -0.15) is 0 Å². The Morgan fingerprint density at radius 3 is 2.78 bits per heavy atom. The number of aromatic nitrogens is 3. The molecule has 27 heavy (non-hydrogen) atoms. The summed E-state index contributed by atoms with van der Waals surface area (Å²) >= 11 is 0. The molecule has 1 heterocycles. The van der Waals surface area contributed by atoms with Crippen LogP contribution >= 0.6 is 0 Å². The van der Waals surface area contributed by atoms with Gasteiger partial charge in [-0.1, -0.05) is 44.2 Å². The molecule has 2 N–H and O–H groups in total. The Labute approximate surface area is 162 Å². The minimum absolute atomic E-state index is 0.355. The minimum atomic E-state index is 0.355. The fourth-order valence-electron chi connectivity index (χ4n) is 2.63. The van der Waals surface area contributed by atoms with Gasteiger partial charge in [0, 0.05) is 32.6 Å². The van der Waals surface area contributed by atoms with Crippen LogP contribution in [0, 0.1) is 5.92 Å². The Balaban J connectivity index is 1.71. The predicted octanol–water partition coefficient (Wildman–Crippen LogP) is 2.25. The third kappa shape index (κ3) is 7.78. The average Bonchev–Trinajstić information content (AvgIpc) is 3.14. The quantitative estimate of drug-likeness (QED) is 0.467. The van der Waals surface area contributed by atoms with Crippen molar-refractivity contribution in [3.63, 3.8) is 0 Å². The molecule has 0 aliphatic heterocycles. The van der Waals surface area contributed by atoms with Crippen molar-refractivity contribution in [3.8, 4) is 0 Å². The highest BCUT2D eigenvalue weighted by molar-refractivity contribution is 5.79. The summed E-state index contributed by atoms with van der Waals surface area (Å²) in [5.41, 5.74) is 1.20. The number of aliphatic imine (C=N–C) groups is 1. The first-order valence-corrected chi connectivity index (χ1v) is 9.73. The van der Waals surface area contributed by atoms with Crippen molar-refractivity contribution < 1.29 is 4.74 Å². The van der Waals surface area contributed by atoms with Crippen molar-refractivity contribution in [2.75, 3.05) is 26.2 Å². The third-order valence-corrected chi connectivity index (χ3v) is 4.08. The minimum Gasteiger partial charge on any atom is -0.376 e. The predicted molar refractivity (Wildman–Crippen MR) is 109 cm³/mol. The van der Waals surface area contributed by atoms with E-state index < -0.39 is 0 Å². The summed E-state index contributed by atoms with van der Waals surface area (Å²) in [5, 5.41) is 14.7. The Bertz CT molecular complexity index is 670. The molecule has 7 nitrogen and oxygen atoms in total. The van der Waals surface area contributed by atoms with E-state index in [1.807, 2.05) is 18.2 Å². The van der Waals surface area contributed by atoms with Crippen LogP contribution in [-0.2, 0) is 24.3 Å². The Morgan fingerprint density at radius 2 is 2.04 bits per heavy atom. The molecule has 1 aromatic carbocycles. The van der Waals surface area contributed by atoms with Crippen molar-refractivity contribution >= 4 is 5.96 Å². The van der Waals surface area contributed by atoms with Crippen LogP contribution in [0.2, 0.25) is 0 Å². The zero-order chi connectivity index (χ0) is 19.3. The van der Waals surface area contributed by atoms with Crippen LogP contribution in [0.25, 0.3) is 0 Å². The molecule has 0 bridgehead atoms. The lowest BCUT2D eigenvalue weighted by Crippen LogP contribution is -2.39. The summed E-state index contributed by atoms with van der Waals surface area (Å²) in [6.45, 7) is 10.8. The van der Waals surface area contributed by atoms with Gasteiger partial charge in [0.2, 0.25) is 0 Å². The zero-order valence-corrected chi connectivity index (χ0v) is 16.7. The number of guanidine groups is 1. The number of rotatable bonds is 11. The smallest absolute Gasteiger partial charge is 0.191 e. The molecule has 0 amide bonds. The molecule has 1 aromatic heterocycles. The molecule has 2 aromatic rings. The fraction of sp³-hybridized carbons (Fsp3) is 0.550. The van der Waals surface area contributed by atoms with E-state index in [-0.39, 0.29) is 0 Å². The van der Waals surface area contributed by atoms with E-state index in [4.69, 9.17) is 4.74 Å². The molecule has 0 spiro atoms. The number of aryl methyl sites for hydroxylation is 1. The lowest BCUT2D eigenvalue weighted by Gasteiger charge is -2.14. The maximum atomic E-state index is 5.80. The van der Waals surface area contributed by atoms with E-state index in [9.17, 15) is 0 Å². The number of hydrogen-bond acceptors (Lipinski definition) is 4. The van der Waals surface area contributed by atoms with E-state index in [0.29, 0.717) is 19.1 Å². The Kier molecular flexibility index (Phi) is 9.34. The summed E-state index contributed by atoms with van der Waals surface area (Å²) in [6.07, 6.45) is 2.66. The van der Waals surface area contributed by atoms with Gasteiger partial charge in [-0.15, -0.1) is 10.2 Å². The highest BCUT2D eigenvalue weighted by Crippen LogP contribution is 2.03. The summed E-state index contributed by atoms with van der Waals surface area (Å²) in [7, 11) is 0. The molecule has 0 radical (unpaired) electrons. The van der Waals surface area contributed by atoms with Gasteiger partial charge in [0.15, 0.2) is 5.96 Å². The number of nitrogens with zero attached hydrogens (tertiary/aromatic N) is 4. The van der Waals surface area contributed by atoms with Gasteiger partial charge >= 0.3 is 0 Å². The van der Waals surface area contributed by atoms with Crippen LogP contribution in [0.15, 0.2) is 41.7 Å². The van der Waals surface area contributed by atoms with Gasteiger partial charge < -0.3 is 19.9 Å². The molecule has 1 atom stereocenters. The van der Waals surface area contributed by atoms with Gasteiger partial charge in [0.25, 0.3) is 0 Å². The van der Waals surface area contributed by atoms with Crippen molar-refractivity contribution in [3.05, 3.63) is 48.0 Å². The van der Waals surface area contributed by atoms with Crippen LogP contribution in [0.1, 0.15) is 32.2 Å². The molecule has 0 saturated heterocycles. The van der Waals surface area contributed by atoms with Crippen molar-refractivity contribution in [1.29, 1.82) is 0 Å². The maximum Gasteiger partial charge on any atom is 0.191 e. The highest BCUT2D eigenvalue weighted by Gasteiger charge is 2.05. The molecule has 0 aliphatic carbocycles. The summed E-state index contributed by atoms with van der Waals surface area (Å²) in [4.78, 5) is 4.67. The monoisotopic (exact) mass is 372 g/mol. The number of benzene rings is 1. The average molecular weight is 373 g/mol. The van der Waals surface area contributed by atoms with Gasteiger partial charge in [-0.25, -0.2) is 0 Å². The summed E-state index contributed by atoms with van der Waals surface area (Å²) < 4.78 is 7.87. The molecule has 148 valence electrons. The number of ether oxygens (including phenoxy) is 1. The standard InChI is InChI=1S/C20H32N6O/c1-4-19-25-24-16-26(19)12-11-22-20(21-5-2)23-13-17(3)14-27-15-18-9-7-6-8-10-18/h6-10,16-17H,4-5,11-15H2,1-3H3,(H2,21,22,23). The molecular formula is C20H32N6O. The molecule has 0 fully saturated rings. The molecule has 0 saturated carbocycles. The van der Waals surface area contributed by atoms with Crippen LogP contribution in [0.3, 0.4) is 0 Å². The van der Waals surface area contributed by atoms with Crippen LogP contribution in [-0.4, -0.2) is 47.0 Å². The first kappa shape index (κ1) is 20.9. The van der Waals surface area contributed by atoms with Crippen LogP contribution in [0.5, 0.6) is 0 Å². The van der Waals surface area contributed by atoms with Gasteiger partial charge in [0.05, 0.1) is 13.2 Å². The van der Waals surface area contributed by atoms with E-state index in [0.717, 1.165) is 44.4 Å². The van der Waals surface area contributed by atoms with Gasteiger partial charge in [-0.05, 0) is 18.4 Å². The maximum absolute atomic E-state index is 5.80. The second-order valence-corrected chi connectivity index (χ2v) is 6.55. The Hall–Kier alpha value is -2.41. The summed E-state index contributed by atoms with van der Waals surface area (Å²) in [6, 6.07) is 10.2. The van der Waals surface area contributed by atoms with E-state index in [1.165, 1.54) is 5.56 Å². The second kappa shape index (κ2) is 12.1. The van der Waals surface area contributed by atoms with Gasteiger partial charge in [0.1, 0.15) is 12.2 Å². The van der Waals surface area contributed by atoms with Crippen molar-refractivity contribution in [2.45, 2.75) is 40.3 Å². The van der Waals surface area contributed by atoms with Gasteiger partial charge in [-0.3, -0.25) is 4.99 Å². The normalized spacial score (nSPS) is 12.8. The Morgan fingerprint density at radius 1 is 1.22 bits per heavy atom. The van der Waals surface area contributed by atoms with Crippen molar-refractivity contribution in [1.82, 2.24) is 25.4 Å². The topological polar surface area (TPSA) is 76.4 Å². The fourth-order valence-corrected chi connectivity index (χ4v) is 2.63. The molecular weight excluding hydrogens is 340 g/mol. The SMILES string of the molecule is CCNC(=NCC(C)COCc1ccccc1)NCCn1cnnc1CC. The van der Waals surface area contributed by atoms with Crippen LogP contribution < -0.4 is 10.6 Å². The van der Waals surface area contributed by atoms with E-state index >= 15 is 0 Å². The van der Waals surface area contributed by atoms with Crippen molar-refractivity contribution in [2.24, 2.45) is 10.9 Å². The first-order chi connectivity index (χ1) is 13.2. The van der Waals surface area contributed by atoms with Crippen LogP contribution in [0.4, 0.5) is 0 Å².